The molecular weight excluding hydrogens is 258 g/mol. The molecule has 2 aromatic heterocycles. The van der Waals surface area contributed by atoms with E-state index in [1.165, 1.54) is 12.3 Å². The Kier molecular flexibility index (Phi) is 2.89. The van der Waals surface area contributed by atoms with Gasteiger partial charge in [0.05, 0.1) is 17.4 Å². The van der Waals surface area contributed by atoms with Gasteiger partial charge in [0, 0.05) is 18.0 Å². The summed E-state index contributed by atoms with van der Waals surface area (Å²) in [5.74, 6) is -1.64. The molecule has 0 aliphatic rings. The van der Waals surface area contributed by atoms with Gasteiger partial charge in [0.2, 0.25) is 0 Å². The zero-order valence-electron chi connectivity index (χ0n) is 8.98. The summed E-state index contributed by atoms with van der Waals surface area (Å²) in [7, 11) is -4.20. The van der Waals surface area contributed by atoms with Crippen molar-refractivity contribution in [2.75, 3.05) is 0 Å². The van der Waals surface area contributed by atoms with Crippen molar-refractivity contribution in [3.63, 3.8) is 0 Å². The van der Waals surface area contributed by atoms with E-state index in [2.05, 4.69) is 4.98 Å². The lowest BCUT2D eigenvalue weighted by molar-refractivity contribution is -0.255. The van der Waals surface area contributed by atoms with Crippen LogP contribution in [0.5, 0.6) is 0 Å². The highest BCUT2D eigenvalue weighted by molar-refractivity contribution is 7.87. The van der Waals surface area contributed by atoms with Crippen LogP contribution in [0.3, 0.4) is 0 Å². The maximum Gasteiger partial charge on any atom is 0.302 e. The Hall–Kier alpha value is -2.19. The predicted octanol–water partition coefficient (Wildman–Crippen LogP) is -1.03. The number of pyridine rings is 1. The Morgan fingerprint density at radius 1 is 1.33 bits per heavy atom. The minimum Gasteiger partial charge on any atom is -0.543 e. The van der Waals surface area contributed by atoms with Gasteiger partial charge in [0.25, 0.3) is 0 Å². The first-order valence-corrected chi connectivity index (χ1v) is 6.29. The molecule has 0 aliphatic heterocycles. The van der Waals surface area contributed by atoms with Crippen molar-refractivity contribution in [1.29, 1.82) is 0 Å². The monoisotopic (exact) mass is 266 g/mol. The van der Waals surface area contributed by atoms with Crippen LogP contribution in [0.4, 0.5) is 0 Å². The number of rotatable bonds is 3. The molecule has 2 N–H and O–H groups in total. The molecule has 94 valence electrons. The Morgan fingerprint density at radius 2 is 2.06 bits per heavy atom. The van der Waals surface area contributed by atoms with Gasteiger partial charge in [-0.3, -0.25) is 4.98 Å². The van der Waals surface area contributed by atoms with Crippen molar-refractivity contribution in [2.45, 2.75) is 0 Å². The molecule has 0 atom stereocenters. The van der Waals surface area contributed by atoms with Crippen LogP contribution < -0.4 is 10.2 Å². The van der Waals surface area contributed by atoms with Crippen molar-refractivity contribution in [1.82, 2.24) is 8.96 Å². The number of hydrogen-bond acceptors (Lipinski definition) is 5. The zero-order valence-corrected chi connectivity index (χ0v) is 9.79. The summed E-state index contributed by atoms with van der Waals surface area (Å²) in [4.78, 5) is 15.0. The summed E-state index contributed by atoms with van der Waals surface area (Å²) < 4.78 is 22.9. The summed E-state index contributed by atoms with van der Waals surface area (Å²) in [6.45, 7) is 0. The molecule has 0 bridgehead atoms. The van der Waals surface area contributed by atoms with E-state index in [0.29, 0.717) is 9.67 Å². The summed E-state index contributed by atoms with van der Waals surface area (Å²) >= 11 is 0. The van der Waals surface area contributed by atoms with Crippen LogP contribution in [0, 0.1) is 0 Å². The van der Waals surface area contributed by atoms with E-state index < -0.39 is 21.9 Å². The van der Waals surface area contributed by atoms with E-state index in [1.54, 1.807) is 18.2 Å². The number of nitrogens with zero attached hydrogens (tertiary/aromatic N) is 2. The molecule has 2 aromatic rings. The molecule has 2 heterocycles. The molecule has 0 unspecified atom stereocenters. The van der Waals surface area contributed by atoms with Gasteiger partial charge in [-0.1, -0.05) is 6.07 Å². The minimum absolute atomic E-state index is 0.129. The number of nitrogens with two attached hydrogens (primary N) is 1. The maximum absolute atomic E-state index is 11.2. The fourth-order valence-electron chi connectivity index (χ4n) is 1.56. The number of hydrogen-bond donors (Lipinski definition) is 1. The lowest BCUT2D eigenvalue weighted by Gasteiger charge is -2.09. The van der Waals surface area contributed by atoms with E-state index in [4.69, 9.17) is 5.14 Å². The van der Waals surface area contributed by atoms with Crippen molar-refractivity contribution < 1.29 is 18.3 Å². The Balaban J connectivity index is 2.72. The Bertz CT molecular complexity index is 691. The van der Waals surface area contributed by atoms with Crippen LogP contribution in [0.1, 0.15) is 10.5 Å². The van der Waals surface area contributed by atoms with E-state index in [1.807, 2.05) is 0 Å². The lowest BCUT2D eigenvalue weighted by Crippen LogP contribution is -2.31. The van der Waals surface area contributed by atoms with Crippen LogP contribution in [-0.4, -0.2) is 23.3 Å². The average molecular weight is 266 g/mol. The van der Waals surface area contributed by atoms with Gasteiger partial charge in [0.1, 0.15) is 0 Å². The summed E-state index contributed by atoms with van der Waals surface area (Å²) in [5.41, 5.74) is -0.0973. The fourth-order valence-corrected chi connectivity index (χ4v) is 2.21. The quantitative estimate of drug-likeness (QED) is 0.761. The van der Waals surface area contributed by atoms with Crippen molar-refractivity contribution in [2.24, 2.45) is 5.14 Å². The highest BCUT2D eigenvalue weighted by Gasteiger charge is 2.18. The largest absolute Gasteiger partial charge is 0.543 e. The molecule has 8 heteroatoms. The standard InChI is InChI=1S/C10H9N3O4S/c11-18(16,17)13-6-4-7(9(13)10(14)15)8-3-1-2-5-12-8/h1-6H,(H,14,15)(H2,11,16,17)/p-1. The molecule has 0 amide bonds. The maximum atomic E-state index is 11.2. The van der Waals surface area contributed by atoms with Crippen LogP contribution in [-0.2, 0) is 10.2 Å². The second-order valence-electron chi connectivity index (χ2n) is 3.42. The van der Waals surface area contributed by atoms with Gasteiger partial charge in [0.15, 0.2) is 0 Å². The van der Waals surface area contributed by atoms with Crippen LogP contribution >= 0.6 is 0 Å². The molecule has 0 spiro atoms. The Morgan fingerprint density at radius 3 is 2.56 bits per heavy atom. The molecule has 7 nitrogen and oxygen atoms in total. The number of carboxylic acids is 1. The van der Waals surface area contributed by atoms with E-state index in [-0.39, 0.29) is 5.56 Å². The van der Waals surface area contributed by atoms with E-state index in [9.17, 15) is 18.3 Å². The highest BCUT2D eigenvalue weighted by Crippen LogP contribution is 2.23. The van der Waals surface area contributed by atoms with E-state index in [0.717, 1.165) is 6.20 Å². The fraction of sp³-hybridized carbons (Fsp3) is 0. The van der Waals surface area contributed by atoms with Crippen LogP contribution in [0.25, 0.3) is 11.3 Å². The number of aromatic nitrogens is 2. The summed E-state index contributed by atoms with van der Waals surface area (Å²) in [5, 5.41) is 16.0. The van der Waals surface area contributed by atoms with Gasteiger partial charge >= 0.3 is 10.2 Å². The normalized spacial score (nSPS) is 11.4. The third kappa shape index (κ3) is 2.11. The molecule has 0 aliphatic carbocycles. The number of carboxylic acid groups (broad SMARTS) is 1. The van der Waals surface area contributed by atoms with Crippen molar-refractivity contribution in [3.8, 4) is 11.3 Å². The molecule has 0 saturated heterocycles. The molecule has 0 radical (unpaired) electrons. The summed E-state index contributed by atoms with van der Waals surface area (Å²) in [6, 6.07) is 6.15. The van der Waals surface area contributed by atoms with Gasteiger partial charge in [-0.2, -0.15) is 8.42 Å². The summed E-state index contributed by atoms with van der Waals surface area (Å²) in [6.07, 6.45) is 2.51. The molecular formula is C10H8N3O4S-. The number of carbonyl (C=O) groups is 1. The van der Waals surface area contributed by atoms with Gasteiger partial charge < -0.3 is 9.90 Å². The zero-order chi connectivity index (χ0) is 13.3. The SMILES string of the molecule is NS(=O)(=O)n1ccc(-c2ccccn2)c1C(=O)[O-]. The lowest BCUT2D eigenvalue weighted by atomic mass is 10.1. The van der Waals surface area contributed by atoms with Gasteiger partial charge in [-0.05, 0) is 18.2 Å². The van der Waals surface area contributed by atoms with Gasteiger partial charge in [-0.15, -0.1) is 0 Å². The second kappa shape index (κ2) is 4.24. The molecule has 0 saturated carbocycles. The second-order valence-corrected chi connectivity index (χ2v) is 4.84. The molecule has 18 heavy (non-hydrogen) atoms. The topological polar surface area (TPSA) is 118 Å². The third-order valence-corrected chi connectivity index (χ3v) is 3.11. The van der Waals surface area contributed by atoms with E-state index >= 15 is 0 Å². The van der Waals surface area contributed by atoms with Crippen LogP contribution in [0.15, 0.2) is 36.7 Å². The Labute approximate surface area is 103 Å². The molecule has 0 fully saturated rings. The highest BCUT2D eigenvalue weighted by atomic mass is 32.2. The van der Waals surface area contributed by atoms with Crippen molar-refractivity contribution in [3.05, 3.63) is 42.4 Å². The average Bonchev–Trinajstić information content (AvgIpc) is 2.74. The van der Waals surface area contributed by atoms with Crippen molar-refractivity contribution >= 4 is 16.2 Å². The van der Waals surface area contributed by atoms with Crippen LogP contribution in [0.2, 0.25) is 0 Å². The number of aromatic carboxylic acids is 1. The molecule has 0 aromatic carbocycles. The first-order valence-electron chi connectivity index (χ1n) is 4.78. The first kappa shape index (κ1) is 12.3. The number of carbonyl (C=O) groups excluding carboxylic acids is 1. The predicted molar refractivity (Wildman–Crippen MR) is 60.5 cm³/mol. The smallest absolute Gasteiger partial charge is 0.302 e. The van der Waals surface area contributed by atoms with Gasteiger partial charge in [-0.25, -0.2) is 9.11 Å². The molecule has 2 rings (SSSR count). The minimum atomic E-state index is -4.20. The first-order chi connectivity index (χ1) is 8.41. The third-order valence-electron chi connectivity index (χ3n) is 2.26.